The van der Waals surface area contributed by atoms with Crippen LogP contribution < -0.4 is 0 Å². The third kappa shape index (κ3) is 3.56. The highest BCUT2D eigenvalue weighted by Gasteiger charge is 2.23. The molecule has 0 spiro atoms. The maximum Gasteiger partial charge on any atom is 0.0615 e. The molecule has 0 aromatic heterocycles. The molecule has 2 heteroatoms. The van der Waals surface area contributed by atoms with Crippen molar-refractivity contribution < 1.29 is 4.74 Å². The summed E-state index contributed by atoms with van der Waals surface area (Å²) in [5.41, 5.74) is 5.67. The summed E-state index contributed by atoms with van der Waals surface area (Å²) in [6.45, 7) is 7.59. The number of alkyl halides is 1. The lowest BCUT2D eigenvalue weighted by Gasteiger charge is -2.22. The molecular weight excluding hydrogens is 268 g/mol. The minimum absolute atomic E-state index is 0.0916. The summed E-state index contributed by atoms with van der Waals surface area (Å²) in [6, 6.07) is 4.69. The first-order valence-electron chi connectivity index (χ1n) is 8.09. The van der Waals surface area contributed by atoms with Gasteiger partial charge in [-0.1, -0.05) is 32.9 Å². The molecule has 1 nitrogen and oxygen atoms in total. The van der Waals surface area contributed by atoms with E-state index in [9.17, 15) is 0 Å². The van der Waals surface area contributed by atoms with Crippen LogP contribution in [0.25, 0.3) is 0 Å². The average molecular weight is 295 g/mol. The Bertz CT molecular complexity index is 410. The molecule has 2 rings (SSSR count). The Kier molecular flexibility index (Phi) is 5.92. The number of halogens is 1. The molecule has 1 fully saturated rings. The summed E-state index contributed by atoms with van der Waals surface area (Å²) in [5.74, 6) is 0. The maximum absolute atomic E-state index is 6.77. The van der Waals surface area contributed by atoms with Gasteiger partial charge in [0.2, 0.25) is 0 Å². The van der Waals surface area contributed by atoms with E-state index in [1.807, 2.05) is 0 Å². The molecule has 1 aliphatic rings. The fourth-order valence-corrected chi connectivity index (χ4v) is 3.70. The van der Waals surface area contributed by atoms with Gasteiger partial charge in [0.25, 0.3) is 0 Å². The largest absolute Gasteiger partial charge is 0.378 e. The van der Waals surface area contributed by atoms with Crippen molar-refractivity contribution in [3.63, 3.8) is 0 Å². The maximum atomic E-state index is 6.77. The van der Waals surface area contributed by atoms with E-state index in [0.717, 1.165) is 32.3 Å². The highest BCUT2D eigenvalue weighted by atomic mass is 35.5. The van der Waals surface area contributed by atoms with E-state index in [0.29, 0.717) is 6.10 Å². The smallest absolute Gasteiger partial charge is 0.0615 e. The van der Waals surface area contributed by atoms with Gasteiger partial charge in [-0.05, 0) is 60.8 Å². The van der Waals surface area contributed by atoms with Crippen LogP contribution in [0.5, 0.6) is 0 Å². The predicted octanol–water partition coefficient (Wildman–Crippen LogP) is 5.22. The average Bonchev–Trinajstić information content (AvgIpc) is 2.98. The van der Waals surface area contributed by atoms with Crippen molar-refractivity contribution in [2.24, 2.45) is 0 Å². The Morgan fingerprint density at radius 3 is 2.25 bits per heavy atom. The van der Waals surface area contributed by atoms with Crippen LogP contribution in [0.4, 0.5) is 0 Å². The molecule has 0 N–H and O–H groups in total. The Morgan fingerprint density at radius 2 is 1.80 bits per heavy atom. The number of benzene rings is 1. The lowest BCUT2D eigenvalue weighted by molar-refractivity contribution is 0.103. The molecule has 0 saturated carbocycles. The fraction of sp³-hybridized carbons (Fsp3) is 0.667. The first-order valence-corrected chi connectivity index (χ1v) is 8.53. The zero-order chi connectivity index (χ0) is 14.5. The van der Waals surface area contributed by atoms with E-state index < -0.39 is 0 Å². The van der Waals surface area contributed by atoms with Crippen molar-refractivity contribution in [3.05, 3.63) is 34.4 Å². The minimum atomic E-state index is 0.0916. The molecule has 20 heavy (non-hydrogen) atoms. The first kappa shape index (κ1) is 15.9. The van der Waals surface area contributed by atoms with Gasteiger partial charge in [0, 0.05) is 6.61 Å². The molecule has 1 saturated heterocycles. The van der Waals surface area contributed by atoms with Gasteiger partial charge in [-0.2, -0.15) is 0 Å². The van der Waals surface area contributed by atoms with Gasteiger partial charge in [0.15, 0.2) is 0 Å². The Balaban J connectivity index is 2.27. The molecule has 1 heterocycles. The predicted molar refractivity (Wildman–Crippen MR) is 86.8 cm³/mol. The third-order valence-corrected chi connectivity index (χ3v) is 4.78. The van der Waals surface area contributed by atoms with Crippen LogP contribution in [-0.2, 0) is 24.0 Å². The summed E-state index contributed by atoms with van der Waals surface area (Å²) >= 11 is 6.77. The number of aryl methyl sites for hydroxylation is 3. The summed E-state index contributed by atoms with van der Waals surface area (Å²) < 4.78 is 5.75. The van der Waals surface area contributed by atoms with E-state index in [1.54, 1.807) is 0 Å². The summed E-state index contributed by atoms with van der Waals surface area (Å²) in [7, 11) is 0. The molecule has 1 aliphatic heterocycles. The topological polar surface area (TPSA) is 9.23 Å². The molecule has 112 valence electrons. The lowest BCUT2D eigenvalue weighted by Crippen LogP contribution is -2.11. The molecule has 0 bridgehead atoms. The third-order valence-electron chi connectivity index (χ3n) is 4.39. The van der Waals surface area contributed by atoms with Crippen molar-refractivity contribution in [1.82, 2.24) is 0 Å². The van der Waals surface area contributed by atoms with Crippen molar-refractivity contribution in [1.29, 1.82) is 0 Å². The zero-order valence-electron chi connectivity index (χ0n) is 13.0. The van der Waals surface area contributed by atoms with E-state index in [1.165, 1.54) is 35.1 Å². The van der Waals surface area contributed by atoms with Gasteiger partial charge in [0.05, 0.1) is 11.5 Å². The van der Waals surface area contributed by atoms with E-state index in [-0.39, 0.29) is 5.38 Å². The second-order valence-corrected chi connectivity index (χ2v) is 6.25. The van der Waals surface area contributed by atoms with E-state index in [4.69, 9.17) is 16.3 Å². The minimum Gasteiger partial charge on any atom is -0.378 e. The number of rotatable bonds is 6. The molecule has 2 atom stereocenters. The van der Waals surface area contributed by atoms with Crippen molar-refractivity contribution in [2.45, 2.75) is 70.8 Å². The second-order valence-electron chi connectivity index (χ2n) is 5.73. The van der Waals surface area contributed by atoms with Gasteiger partial charge >= 0.3 is 0 Å². The second kappa shape index (κ2) is 7.47. The van der Waals surface area contributed by atoms with Crippen LogP contribution in [0.3, 0.4) is 0 Å². The van der Waals surface area contributed by atoms with E-state index >= 15 is 0 Å². The molecule has 1 aromatic rings. The standard InChI is InChI=1S/C18H27ClO/c1-4-13-10-14(5-2)18(15(6-3)11-13)17(19)12-16-8-7-9-20-16/h10-11,16-17H,4-9,12H2,1-3H3. The summed E-state index contributed by atoms with van der Waals surface area (Å²) in [6.07, 6.45) is 6.88. The molecule has 1 aromatic carbocycles. The Labute approximate surface area is 128 Å². The quantitative estimate of drug-likeness (QED) is 0.653. The number of hydrogen-bond acceptors (Lipinski definition) is 1. The summed E-state index contributed by atoms with van der Waals surface area (Å²) in [5, 5.41) is 0.0916. The van der Waals surface area contributed by atoms with Crippen LogP contribution in [0.1, 0.15) is 67.7 Å². The fourth-order valence-electron chi connectivity index (χ4n) is 3.22. The lowest BCUT2D eigenvalue weighted by atomic mass is 9.89. The normalized spacial score (nSPS) is 20.3. The van der Waals surface area contributed by atoms with Gasteiger partial charge in [-0.25, -0.2) is 0 Å². The van der Waals surface area contributed by atoms with Gasteiger partial charge < -0.3 is 4.74 Å². The Hall–Kier alpha value is -0.530. The van der Waals surface area contributed by atoms with Gasteiger partial charge in [-0.15, -0.1) is 11.6 Å². The molecular formula is C18H27ClO. The van der Waals surface area contributed by atoms with Crippen LogP contribution >= 0.6 is 11.6 Å². The van der Waals surface area contributed by atoms with Crippen LogP contribution in [0.15, 0.2) is 12.1 Å². The Morgan fingerprint density at radius 1 is 1.15 bits per heavy atom. The van der Waals surface area contributed by atoms with Crippen molar-refractivity contribution >= 4 is 11.6 Å². The van der Waals surface area contributed by atoms with Crippen LogP contribution in [0.2, 0.25) is 0 Å². The molecule has 0 aliphatic carbocycles. The van der Waals surface area contributed by atoms with Crippen molar-refractivity contribution in [2.75, 3.05) is 6.61 Å². The van der Waals surface area contributed by atoms with Crippen molar-refractivity contribution in [3.8, 4) is 0 Å². The van der Waals surface area contributed by atoms with Gasteiger partial charge in [-0.3, -0.25) is 0 Å². The molecule has 0 amide bonds. The SMILES string of the molecule is CCc1cc(CC)c(C(Cl)CC2CCCO2)c(CC)c1. The van der Waals surface area contributed by atoms with Gasteiger partial charge in [0.1, 0.15) is 0 Å². The molecule has 0 radical (unpaired) electrons. The van der Waals surface area contributed by atoms with Crippen LogP contribution in [0, 0.1) is 0 Å². The first-order chi connectivity index (χ1) is 9.69. The summed E-state index contributed by atoms with van der Waals surface area (Å²) in [4.78, 5) is 0. The van der Waals surface area contributed by atoms with E-state index in [2.05, 4.69) is 32.9 Å². The molecule has 2 unspecified atom stereocenters. The number of ether oxygens (including phenoxy) is 1. The highest BCUT2D eigenvalue weighted by Crippen LogP contribution is 2.35. The van der Waals surface area contributed by atoms with Crippen LogP contribution in [-0.4, -0.2) is 12.7 Å². The number of hydrogen-bond donors (Lipinski definition) is 0. The highest BCUT2D eigenvalue weighted by molar-refractivity contribution is 6.21. The zero-order valence-corrected chi connectivity index (χ0v) is 13.8. The monoisotopic (exact) mass is 294 g/mol.